The highest BCUT2D eigenvalue weighted by atomic mass is 16.6. The summed E-state index contributed by atoms with van der Waals surface area (Å²) in [6.45, 7) is 0.512. The Morgan fingerprint density at radius 3 is 2.87 bits per heavy atom. The highest BCUT2D eigenvalue weighted by Gasteiger charge is 2.21. The van der Waals surface area contributed by atoms with Gasteiger partial charge in [0.2, 0.25) is 5.88 Å². The van der Waals surface area contributed by atoms with Gasteiger partial charge in [0.25, 0.3) is 5.69 Å². The zero-order chi connectivity index (χ0) is 16.0. The van der Waals surface area contributed by atoms with Crippen LogP contribution in [0.3, 0.4) is 0 Å². The van der Waals surface area contributed by atoms with E-state index in [4.69, 9.17) is 0 Å². The second-order valence-electron chi connectivity index (χ2n) is 5.28. The second kappa shape index (κ2) is 4.84. The number of non-ortho nitro benzene ring substituents is 1. The predicted molar refractivity (Wildman–Crippen MR) is 86.9 cm³/mol. The maximum atomic E-state index is 10.9. The summed E-state index contributed by atoms with van der Waals surface area (Å²) in [6, 6.07) is 12.2. The van der Waals surface area contributed by atoms with Crippen LogP contribution < -0.4 is 5.32 Å². The smallest absolute Gasteiger partial charge is 0.271 e. The Labute approximate surface area is 130 Å². The molecule has 0 spiro atoms. The summed E-state index contributed by atoms with van der Waals surface area (Å²) in [7, 11) is 0. The van der Waals surface area contributed by atoms with Gasteiger partial charge >= 0.3 is 0 Å². The Balaban J connectivity index is 1.82. The number of nitro benzene ring substituents is 1. The van der Waals surface area contributed by atoms with Gasteiger partial charge in [-0.05, 0) is 17.7 Å². The molecule has 0 fully saturated rings. The average Bonchev–Trinajstić information content (AvgIpc) is 2.89. The van der Waals surface area contributed by atoms with E-state index in [2.05, 4.69) is 15.3 Å². The van der Waals surface area contributed by atoms with Crippen LogP contribution in [0.4, 0.5) is 11.4 Å². The van der Waals surface area contributed by atoms with Crippen molar-refractivity contribution >= 4 is 28.1 Å². The van der Waals surface area contributed by atoms with E-state index in [1.54, 1.807) is 6.07 Å². The van der Waals surface area contributed by atoms with Crippen molar-refractivity contribution in [2.45, 2.75) is 6.54 Å². The normalized spacial score (nSPS) is 13.3. The Hall–Kier alpha value is -3.35. The first kappa shape index (κ1) is 13.3. The number of nitrogens with zero attached hydrogens (tertiary/aromatic N) is 2. The van der Waals surface area contributed by atoms with Crippen LogP contribution in [0, 0.1) is 10.1 Å². The highest BCUT2D eigenvalue weighted by molar-refractivity contribution is 6.18. The molecule has 23 heavy (non-hydrogen) atoms. The molecule has 0 radical (unpaired) electrons. The number of hydrogen-bond acceptors (Lipinski definition) is 5. The van der Waals surface area contributed by atoms with Gasteiger partial charge in [-0.3, -0.25) is 15.1 Å². The molecule has 0 saturated heterocycles. The Morgan fingerprint density at radius 1 is 1.22 bits per heavy atom. The third-order valence-corrected chi connectivity index (χ3v) is 3.89. The maximum absolute atomic E-state index is 10.9. The standard InChI is InChI=1S/C16H12N4O3/c21-16-14(11-6-5-10(20(22)23)7-13(11)19-16)15-17-8-9-3-1-2-4-12(9)18-15/h1-7,19,21H,8H2,(H,17,18). The van der Waals surface area contributed by atoms with Crippen LogP contribution in [-0.2, 0) is 6.54 Å². The van der Waals surface area contributed by atoms with Crippen molar-refractivity contribution in [1.29, 1.82) is 0 Å². The maximum Gasteiger partial charge on any atom is 0.271 e. The minimum Gasteiger partial charge on any atom is -0.494 e. The van der Waals surface area contributed by atoms with Crippen LogP contribution >= 0.6 is 0 Å². The number of aromatic hydroxyl groups is 1. The monoisotopic (exact) mass is 308 g/mol. The molecule has 0 bridgehead atoms. The minimum atomic E-state index is -0.469. The van der Waals surface area contributed by atoms with E-state index in [-0.39, 0.29) is 11.6 Å². The fourth-order valence-corrected chi connectivity index (χ4v) is 2.78. The fourth-order valence-electron chi connectivity index (χ4n) is 2.78. The molecule has 1 aliphatic heterocycles. The fraction of sp³-hybridized carbons (Fsp3) is 0.0625. The van der Waals surface area contributed by atoms with Crippen LogP contribution in [0.1, 0.15) is 11.1 Å². The summed E-state index contributed by atoms with van der Waals surface area (Å²) in [4.78, 5) is 17.6. The van der Waals surface area contributed by atoms with Crippen LogP contribution in [0.25, 0.3) is 10.9 Å². The van der Waals surface area contributed by atoms with Gasteiger partial charge < -0.3 is 15.4 Å². The number of amidine groups is 1. The van der Waals surface area contributed by atoms with Crippen molar-refractivity contribution in [2.75, 3.05) is 5.32 Å². The molecule has 114 valence electrons. The van der Waals surface area contributed by atoms with E-state index in [1.165, 1.54) is 12.1 Å². The number of nitro groups is 1. The minimum absolute atomic E-state index is 0.0332. The average molecular weight is 308 g/mol. The van der Waals surface area contributed by atoms with E-state index in [0.717, 1.165) is 11.3 Å². The number of benzene rings is 2. The van der Waals surface area contributed by atoms with Gasteiger partial charge in [-0.15, -0.1) is 0 Å². The highest BCUT2D eigenvalue weighted by Crippen LogP contribution is 2.32. The molecule has 7 heteroatoms. The van der Waals surface area contributed by atoms with E-state index in [9.17, 15) is 15.2 Å². The first-order valence-electron chi connectivity index (χ1n) is 7.02. The second-order valence-corrected chi connectivity index (χ2v) is 5.28. The summed E-state index contributed by atoms with van der Waals surface area (Å²) in [5, 5.41) is 25.0. The van der Waals surface area contributed by atoms with Gasteiger partial charge in [-0.25, -0.2) is 0 Å². The Bertz CT molecular complexity index is 975. The number of aromatic nitrogens is 1. The molecule has 4 rings (SSSR count). The number of hydrogen-bond donors (Lipinski definition) is 3. The molecule has 1 aliphatic rings. The number of para-hydroxylation sites is 1. The van der Waals surface area contributed by atoms with E-state index in [0.29, 0.717) is 28.8 Å². The van der Waals surface area contributed by atoms with Crippen LogP contribution in [-0.4, -0.2) is 20.8 Å². The topological polar surface area (TPSA) is 104 Å². The Morgan fingerprint density at radius 2 is 2.04 bits per heavy atom. The van der Waals surface area contributed by atoms with Gasteiger partial charge in [-0.1, -0.05) is 18.2 Å². The molecule has 0 amide bonds. The summed E-state index contributed by atoms with van der Waals surface area (Å²) in [5.41, 5.74) is 2.99. The predicted octanol–water partition coefficient (Wildman–Crippen LogP) is 3.15. The first-order chi connectivity index (χ1) is 11.1. The lowest BCUT2D eigenvalue weighted by atomic mass is 10.1. The number of fused-ring (bicyclic) bond motifs is 2. The van der Waals surface area contributed by atoms with Gasteiger partial charge in [0.15, 0.2) is 0 Å². The van der Waals surface area contributed by atoms with Gasteiger partial charge in [0.05, 0.1) is 22.5 Å². The summed E-state index contributed by atoms with van der Waals surface area (Å²) < 4.78 is 0. The molecule has 3 N–H and O–H groups in total. The van der Waals surface area contributed by atoms with E-state index < -0.39 is 4.92 Å². The number of aliphatic imine (C=N–C) groups is 1. The number of anilines is 1. The molecule has 0 aliphatic carbocycles. The van der Waals surface area contributed by atoms with Crippen molar-refractivity contribution in [1.82, 2.24) is 4.98 Å². The van der Waals surface area contributed by atoms with E-state index in [1.807, 2.05) is 24.3 Å². The van der Waals surface area contributed by atoms with Crippen LogP contribution in [0.15, 0.2) is 47.5 Å². The summed E-state index contributed by atoms with van der Waals surface area (Å²) >= 11 is 0. The van der Waals surface area contributed by atoms with Gasteiger partial charge in [0.1, 0.15) is 5.84 Å². The van der Waals surface area contributed by atoms with Crippen molar-refractivity contribution in [3.05, 3.63) is 63.7 Å². The Kier molecular flexibility index (Phi) is 2.80. The molecule has 1 aromatic heterocycles. The van der Waals surface area contributed by atoms with Gasteiger partial charge in [0, 0.05) is 23.2 Å². The molecule has 2 aromatic carbocycles. The van der Waals surface area contributed by atoms with Crippen molar-refractivity contribution < 1.29 is 10.0 Å². The van der Waals surface area contributed by atoms with Gasteiger partial charge in [-0.2, -0.15) is 0 Å². The van der Waals surface area contributed by atoms with E-state index >= 15 is 0 Å². The van der Waals surface area contributed by atoms with Crippen LogP contribution in [0.5, 0.6) is 5.88 Å². The molecule has 7 nitrogen and oxygen atoms in total. The first-order valence-corrected chi connectivity index (χ1v) is 7.02. The SMILES string of the molecule is O=[N+]([O-])c1ccc2c(C3=NCc4ccccc4N3)c(O)[nH]c2c1. The molecule has 0 atom stereocenters. The number of aromatic amines is 1. The molecule has 0 saturated carbocycles. The lowest BCUT2D eigenvalue weighted by molar-refractivity contribution is -0.384. The molecule has 3 aromatic rings. The molecular formula is C16H12N4O3. The molecule has 0 unspecified atom stereocenters. The van der Waals surface area contributed by atoms with Crippen LogP contribution in [0.2, 0.25) is 0 Å². The lowest BCUT2D eigenvalue weighted by Gasteiger charge is -2.18. The zero-order valence-corrected chi connectivity index (χ0v) is 11.9. The number of H-pyrrole nitrogens is 1. The molecular weight excluding hydrogens is 296 g/mol. The van der Waals surface area contributed by atoms with Crippen molar-refractivity contribution in [2.24, 2.45) is 4.99 Å². The third kappa shape index (κ3) is 2.10. The number of nitrogens with one attached hydrogen (secondary N) is 2. The lowest BCUT2D eigenvalue weighted by Crippen LogP contribution is -2.18. The largest absolute Gasteiger partial charge is 0.494 e. The summed E-state index contributed by atoms with van der Waals surface area (Å²) in [5.74, 6) is 0.479. The van der Waals surface area contributed by atoms with Crippen molar-refractivity contribution in [3.63, 3.8) is 0 Å². The zero-order valence-electron chi connectivity index (χ0n) is 11.9. The quantitative estimate of drug-likeness (QED) is 0.499. The third-order valence-electron chi connectivity index (χ3n) is 3.89. The van der Waals surface area contributed by atoms with Crippen molar-refractivity contribution in [3.8, 4) is 5.88 Å². The number of rotatable bonds is 2. The summed E-state index contributed by atoms with van der Waals surface area (Å²) in [6.07, 6.45) is 0. The molecule has 2 heterocycles.